The molecule has 2 aromatic carbocycles. The molecule has 0 saturated carbocycles. The second kappa shape index (κ2) is 7.32. The van der Waals surface area contributed by atoms with Crippen molar-refractivity contribution in [1.82, 2.24) is 9.97 Å². The third kappa shape index (κ3) is 3.84. The predicted molar refractivity (Wildman–Crippen MR) is 101 cm³/mol. The highest BCUT2D eigenvalue weighted by Gasteiger charge is 2.11. The first-order chi connectivity index (χ1) is 11.7. The van der Waals surface area contributed by atoms with Gasteiger partial charge in [-0.15, -0.1) is 0 Å². The van der Waals surface area contributed by atoms with Gasteiger partial charge < -0.3 is 10.2 Å². The van der Waals surface area contributed by atoms with Crippen LogP contribution in [0.25, 0.3) is 0 Å². The number of para-hydroxylation sites is 1. The smallest absolute Gasteiger partial charge is 0.138 e. The summed E-state index contributed by atoms with van der Waals surface area (Å²) in [6, 6.07) is 19.7. The highest BCUT2D eigenvalue weighted by Crippen LogP contribution is 2.26. The number of nitrogens with one attached hydrogen (secondary N) is 1. The van der Waals surface area contributed by atoms with Crippen LogP contribution in [0.4, 0.5) is 23.0 Å². The third-order valence-corrected chi connectivity index (χ3v) is 3.85. The monoisotopic (exact) mass is 338 g/mol. The highest BCUT2D eigenvalue weighted by molar-refractivity contribution is 6.30. The average molecular weight is 339 g/mol. The van der Waals surface area contributed by atoms with E-state index < -0.39 is 0 Å². The quantitative estimate of drug-likeness (QED) is 0.681. The lowest BCUT2D eigenvalue weighted by molar-refractivity contribution is 0.953. The molecule has 4 nitrogen and oxygen atoms in total. The Morgan fingerprint density at radius 2 is 1.71 bits per heavy atom. The maximum absolute atomic E-state index is 5.93. The maximum atomic E-state index is 5.93. The van der Waals surface area contributed by atoms with Crippen molar-refractivity contribution in [2.24, 2.45) is 0 Å². The standard InChI is InChI=1S/C19H19ClN4/c1-3-24(17-7-5-4-6-8-17)19-13-18(21-14(2)22-19)23-16-11-9-15(20)10-12-16/h4-13H,3H2,1-2H3,(H,21,22,23). The number of hydrogen-bond acceptors (Lipinski definition) is 4. The zero-order chi connectivity index (χ0) is 16.9. The van der Waals surface area contributed by atoms with Gasteiger partial charge in [0.1, 0.15) is 17.5 Å². The summed E-state index contributed by atoms with van der Waals surface area (Å²) in [7, 11) is 0. The summed E-state index contributed by atoms with van der Waals surface area (Å²) in [6.07, 6.45) is 0. The van der Waals surface area contributed by atoms with Gasteiger partial charge in [-0.3, -0.25) is 0 Å². The molecule has 0 bridgehead atoms. The van der Waals surface area contributed by atoms with Gasteiger partial charge in [-0.2, -0.15) is 0 Å². The lowest BCUT2D eigenvalue weighted by atomic mass is 10.2. The van der Waals surface area contributed by atoms with Crippen molar-refractivity contribution in [2.75, 3.05) is 16.8 Å². The maximum Gasteiger partial charge on any atom is 0.138 e. The van der Waals surface area contributed by atoms with Crippen LogP contribution in [0.1, 0.15) is 12.7 Å². The number of nitrogens with zero attached hydrogens (tertiary/aromatic N) is 3. The lowest BCUT2D eigenvalue weighted by Crippen LogP contribution is -2.18. The molecule has 5 heteroatoms. The molecule has 0 aliphatic carbocycles. The van der Waals surface area contributed by atoms with E-state index in [2.05, 4.69) is 39.2 Å². The molecule has 0 atom stereocenters. The Morgan fingerprint density at radius 3 is 2.38 bits per heavy atom. The summed E-state index contributed by atoms with van der Waals surface area (Å²) in [4.78, 5) is 11.2. The summed E-state index contributed by atoms with van der Waals surface area (Å²) < 4.78 is 0. The fourth-order valence-electron chi connectivity index (χ4n) is 2.52. The van der Waals surface area contributed by atoms with E-state index in [0.29, 0.717) is 5.02 Å². The van der Waals surface area contributed by atoms with Crippen molar-refractivity contribution in [1.29, 1.82) is 0 Å². The number of benzene rings is 2. The van der Waals surface area contributed by atoms with Crippen molar-refractivity contribution in [3.8, 4) is 0 Å². The van der Waals surface area contributed by atoms with Gasteiger partial charge >= 0.3 is 0 Å². The molecule has 1 N–H and O–H groups in total. The molecular formula is C19H19ClN4. The lowest BCUT2D eigenvalue weighted by Gasteiger charge is -2.23. The molecule has 1 heterocycles. The predicted octanol–water partition coefficient (Wildman–Crippen LogP) is 5.34. The van der Waals surface area contributed by atoms with Crippen molar-refractivity contribution < 1.29 is 0 Å². The van der Waals surface area contributed by atoms with Gasteiger partial charge in [0.25, 0.3) is 0 Å². The molecule has 3 rings (SSSR count). The molecular weight excluding hydrogens is 320 g/mol. The first kappa shape index (κ1) is 16.3. The van der Waals surface area contributed by atoms with E-state index >= 15 is 0 Å². The summed E-state index contributed by atoms with van der Waals surface area (Å²) >= 11 is 5.93. The minimum Gasteiger partial charge on any atom is -0.340 e. The van der Waals surface area contributed by atoms with E-state index in [1.807, 2.05) is 55.5 Å². The molecule has 122 valence electrons. The molecule has 0 saturated heterocycles. The topological polar surface area (TPSA) is 41.0 Å². The average Bonchev–Trinajstić information content (AvgIpc) is 2.58. The van der Waals surface area contributed by atoms with Crippen LogP contribution in [-0.4, -0.2) is 16.5 Å². The van der Waals surface area contributed by atoms with Crippen LogP contribution in [0, 0.1) is 6.92 Å². The zero-order valence-corrected chi connectivity index (χ0v) is 14.5. The number of aryl methyl sites for hydroxylation is 1. The van der Waals surface area contributed by atoms with Crippen LogP contribution in [0.3, 0.4) is 0 Å². The minimum atomic E-state index is 0.710. The van der Waals surface area contributed by atoms with E-state index in [0.717, 1.165) is 35.4 Å². The number of halogens is 1. The Morgan fingerprint density at radius 1 is 1.00 bits per heavy atom. The molecule has 0 fully saturated rings. The fraction of sp³-hybridized carbons (Fsp3) is 0.158. The van der Waals surface area contributed by atoms with Crippen LogP contribution < -0.4 is 10.2 Å². The Labute approximate surface area is 147 Å². The fourth-order valence-corrected chi connectivity index (χ4v) is 2.65. The molecule has 0 amide bonds. The van der Waals surface area contributed by atoms with Crippen molar-refractivity contribution >= 4 is 34.6 Å². The molecule has 0 spiro atoms. The Bertz CT molecular complexity index is 803. The molecule has 1 aromatic heterocycles. The van der Waals surface area contributed by atoms with Gasteiger partial charge in [-0.25, -0.2) is 9.97 Å². The number of rotatable bonds is 5. The second-order valence-corrected chi connectivity index (χ2v) is 5.81. The van der Waals surface area contributed by atoms with Gasteiger partial charge in [0.15, 0.2) is 0 Å². The number of anilines is 4. The molecule has 0 unspecified atom stereocenters. The van der Waals surface area contributed by atoms with Crippen molar-refractivity contribution in [3.05, 3.63) is 71.5 Å². The van der Waals surface area contributed by atoms with E-state index in [4.69, 9.17) is 11.6 Å². The van der Waals surface area contributed by atoms with E-state index in [-0.39, 0.29) is 0 Å². The van der Waals surface area contributed by atoms with Crippen molar-refractivity contribution in [2.45, 2.75) is 13.8 Å². The summed E-state index contributed by atoms with van der Waals surface area (Å²) in [5, 5.41) is 4.02. The second-order valence-electron chi connectivity index (χ2n) is 5.37. The van der Waals surface area contributed by atoms with Gasteiger partial charge in [0.05, 0.1) is 0 Å². The van der Waals surface area contributed by atoms with Crippen LogP contribution >= 0.6 is 11.6 Å². The SMILES string of the molecule is CCN(c1ccccc1)c1cc(Nc2ccc(Cl)cc2)nc(C)n1. The van der Waals surface area contributed by atoms with Crippen LogP contribution in [-0.2, 0) is 0 Å². The number of hydrogen-bond donors (Lipinski definition) is 1. The number of aromatic nitrogens is 2. The summed E-state index contributed by atoms with van der Waals surface area (Å²) in [5.74, 6) is 2.35. The van der Waals surface area contributed by atoms with Gasteiger partial charge in [0.2, 0.25) is 0 Å². The largest absolute Gasteiger partial charge is 0.340 e. The third-order valence-electron chi connectivity index (χ3n) is 3.60. The van der Waals surface area contributed by atoms with Crippen LogP contribution in [0.15, 0.2) is 60.7 Å². The summed E-state index contributed by atoms with van der Waals surface area (Å²) in [5.41, 5.74) is 2.04. The first-order valence-corrected chi connectivity index (χ1v) is 8.24. The molecule has 0 radical (unpaired) electrons. The van der Waals surface area contributed by atoms with Gasteiger partial charge in [-0.1, -0.05) is 29.8 Å². The first-order valence-electron chi connectivity index (χ1n) is 7.86. The van der Waals surface area contributed by atoms with Crippen LogP contribution in [0.2, 0.25) is 5.02 Å². The molecule has 3 aromatic rings. The van der Waals surface area contributed by atoms with Gasteiger partial charge in [0, 0.05) is 29.0 Å². The van der Waals surface area contributed by atoms with Crippen molar-refractivity contribution in [3.63, 3.8) is 0 Å². The van der Waals surface area contributed by atoms with Gasteiger partial charge in [-0.05, 0) is 50.2 Å². The normalized spacial score (nSPS) is 10.5. The Balaban J connectivity index is 1.92. The van der Waals surface area contributed by atoms with Crippen LogP contribution in [0.5, 0.6) is 0 Å². The molecule has 0 aliphatic rings. The van der Waals surface area contributed by atoms with E-state index in [9.17, 15) is 0 Å². The van der Waals surface area contributed by atoms with E-state index in [1.165, 1.54) is 0 Å². The minimum absolute atomic E-state index is 0.710. The molecule has 24 heavy (non-hydrogen) atoms. The Kier molecular flexibility index (Phi) is 4.96. The zero-order valence-electron chi connectivity index (χ0n) is 13.7. The summed E-state index contributed by atoms with van der Waals surface area (Å²) in [6.45, 7) is 4.83. The van der Waals surface area contributed by atoms with E-state index in [1.54, 1.807) is 0 Å². The Hall–Kier alpha value is -2.59. The molecule has 0 aliphatic heterocycles. The highest BCUT2D eigenvalue weighted by atomic mass is 35.5.